The zero-order chi connectivity index (χ0) is 32.3. The van der Waals surface area contributed by atoms with Crippen LogP contribution < -0.4 is 10.6 Å². The van der Waals surface area contributed by atoms with Crippen LogP contribution in [0.3, 0.4) is 0 Å². The summed E-state index contributed by atoms with van der Waals surface area (Å²) in [5.41, 5.74) is -1.43. The molecule has 2 aliphatic rings. The standard InChI is InChI=1S/C31H41N3O8S/c1-29(2,3)40-20(35)16-15-19-17-43-26-22(25(37)34(26)23(19)27(38)41-30(4,5)6)32-24(36)21(18-13-11-10-12-14-18)33-28(39)42-31(7,8)9/h10-16,21-22,26H,17H2,1-9H3,(H,32,36)(H,33,39)/t21?,22?,26-/m0/s1. The van der Waals surface area contributed by atoms with Crippen LogP contribution in [-0.2, 0) is 33.4 Å². The number of alkyl carbamates (subject to hydrolysis) is 1. The van der Waals surface area contributed by atoms with E-state index in [9.17, 15) is 24.0 Å². The van der Waals surface area contributed by atoms with Crippen LogP contribution in [0.25, 0.3) is 0 Å². The van der Waals surface area contributed by atoms with Crippen LogP contribution >= 0.6 is 11.8 Å². The number of nitrogens with zero attached hydrogens (tertiary/aromatic N) is 1. The van der Waals surface area contributed by atoms with Gasteiger partial charge in [0.25, 0.3) is 5.91 Å². The molecule has 2 N–H and O–H groups in total. The van der Waals surface area contributed by atoms with Gasteiger partial charge < -0.3 is 24.8 Å². The van der Waals surface area contributed by atoms with Gasteiger partial charge >= 0.3 is 18.0 Å². The summed E-state index contributed by atoms with van der Waals surface area (Å²) in [5.74, 6) is -2.21. The number of hydrogen-bond donors (Lipinski definition) is 2. The highest BCUT2D eigenvalue weighted by Crippen LogP contribution is 2.41. The Balaban J connectivity index is 1.86. The lowest BCUT2D eigenvalue weighted by molar-refractivity contribution is -0.159. The van der Waals surface area contributed by atoms with E-state index < -0.39 is 64.1 Å². The molecular formula is C31H41N3O8S. The van der Waals surface area contributed by atoms with E-state index in [1.165, 1.54) is 28.8 Å². The minimum Gasteiger partial charge on any atom is -0.457 e. The van der Waals surface area contributed by atoms with Gasteiger partial charge in [-0.15, -0.1) is 11.8 Å². The van der Waals surface area contributed by atoms with Crippen molar-refractivity contribution in [2.24, 2.45) is 0 Å². The van der Waals surface area contributed by atoms with Crippen molar-refractivity contribution in [2.45, 2.75) is 96.6 Å². The highest BCUT2D eigenvalue weighted by Gasteiger charge is 2.55. The van der Waals surface area contributed by atoms with Crippen LogP contribution in [0.5, 0.6) is 0 Å². The third-order valence-electron chi connectivity index (χ3n) is 5.77. The Hall–Kier alpha value is -3.80. The van der Waals surface area contributed by atoms with Gasteiger partial charge in [0.2, 0.25) is 5.91 Å². The predicted octanol–water partition coefficient (Wildman–Crippen LogP) is 4.15. The van der Waals surface area contributed by atoms with Gasteiger partial charge in [0, 0.05) is 11.8 Å². The second kappa shape index (κ2) is 12.8. The third-order valence-corrected chi connectivity index (χ3v) is 7.07. The first-order chi connectivity index (χ1) is 19.8. The van der Waals surface area contributed by atoms with Gasteiger partial charge in [-0.3, -0.25) is 14.5 Å². The van der Waals surface area contributed by atoms with E-state index >= 15 is 0 Å². The quantitative estimate of drug-likeness (QED) is 0.200. The Bertz CT molecular complexity index is 1320. The van der Waals surface area contributed by atoms with E-state index in [2.05, 4.69) is 10.6 Å². The normalized spacial score (nSPS) is 19.7. The lowest BCUT2D eigenvalue weighted by Crippen LogP contribution is -2.71. The second-order valence-electron chi connectivity index (χ2n) is 13.1. The molecule has 43 heavy (non-hydrogen) atoms. The number of carbonyl (C=O) groups excluding carboxylic acids is 5. The molecule has 1 fully saturated rings. The minimum absolute atomic E-state index is 0.000437. The molecule has 2 aliphatic heterocycles. The molecule has 0 saturated carbocycles. The smallest absolute Gasteiger partial charge is 0.408 e. The average molecular weight is 616 g/mol. The van der Waals surface area contributed by atoms with Crippen LogP contribution in [-0.4, -0.2) is 68.7 Å². The van der Waals surface area contributed by atoms with Gasteiger partial charge in [-0.25, -0.2) is 14.4 Å². The fourth-order valence-corrected chi connectivity index (χ4v) is 5.52. The first-order valence-corrected chi connectivity index (χ1v) is 15.0. The SMILES string of the molecule is CC(C)(C)OC(=O)C=CC1=C(C(=O)OC(C)(C)C)N2C(=O)C(NC(=O)C(NC(=O)OC(C)(C)C)c3ccccc3)[C@@H]2SC1. The maximum Gasteiger partial charge on any atom is 0.408 e. The summed E-state index contributed by atoms with van der Waals surface area (Å²) in [6.45, 7) is 15.5. The van der Waals surface area contributed by atoms with Crippen LogP contribution in [0.4, 0.5) is 4.79 Å². The van der Waals surface area contributed by atoms with Crippen LogP contribution in [0.15, 0.2) is 53.8 Å². The molecule has 3 rings (SSSR count). The summed E-state index contributed by atoms with van der Waals surface area (Å²) in [7, 11) is 0. The van der Waals surface area contributed by atoms with Crippen molar-refractivity contribution in [3.05, 3.63) is 59.3 Å². The monoisotopic (exact) mass is 615 g/mol. The van der Waals surface area contributed by atoms with Gasteiger partial charge in [0.15, 0.2) is 0 Å². The number of benzene rings is 1. The average Bonchev–Trinajstić information content (AvgIpc) is 2.85. The van der Waals surface area contributed by atoms with Crippen LogP contribution in [0.1, 0.15) is 73.9 Å². The van der Waals surface area contributed by atoms with E-state index in [0.717, 1.165) is 0 Å². The molecule has 0 radical (unpaired) electrons. The highest BCUT2D eigenvalue weighted by molar-refractivity contribution is 8.00. The molecule has 1 aromatic rings. The lowest BCUT2D eigenvalue weighted by atomic mass is 10.0. The van der Waals surface area contributed by atoms with Crippen molar-refractivity contribution in [3.63, 3.8) is 0 Å². The number of carbonyl (C=O) groups is 5. The Morgan fingerprint density at radius 2 is 1.49 bits per heavy atom. The maximum atomic E-state index is 13.5. The molecule has 3 amide bonds. The van der Waals surface area contributed by atoms with E-state index in [-0.39, 0.29) is 11.4 Å². The Morgan fingerprint density at radius 1 is 0.907 bits per heavy atom. The van der Waals surface area contributed by atoms with Crippen LogP contribution in [0, 0.1) is 0 Å². The first-order valence-electron chi connectivity index (χ1n) is 13.9. The Morgan fingerprint density at radius 3 is 2.05 bits per heavy atom. The molecule has 1 saturated heterocycles. The number of amides is 3. The van der Waals surface area contributed by atoms with Gasteiger partial charge in [-0.05, 0) is 79.5 Å². The predicted molar refractivity (Wildman–Crippen MR) is 161 cm³/mol. The van der Waals surface area contributed by atoms with Crippen molar-refractivity contribution in [1.29, 1.82) is 0 Å². The van der Waals surface area contributed by atoms with Gasteiger partial charge in [-0.1, -0.05) is 30.3 Å². The van der Waals surface area contributed by atoms with Gasteiger partial charge in [0.1, 0.15) is 40.0 Å². The van der Waals surface area contributed by atoms with Crippen molar-refractivity contribution in [3.8, 4) is 0 Å². The fraction of sp³-hybridized carbons (Fsp3) is 0.516. The van der Waals surface area contributed by atoms with Gasteiger partial charge in [0.05, 0.1) is 0 Å². The number of thioether (sulfide) groups is 1. The van der Waals surface area contributed by atoms with Crippen molar-refractivity contribution >= 4 is 41.6 Å². The number of allylic oxidation sites excluding steroid dienone is 1. The topological polar surface area (TPSA) is 140 Å². The molecule has 2 unspecified atom stereocenters. The summed E-state index contributed by atoms with van der Waals surface area (Å²) in [6, 6.07) is 6.47. The molecule has 0 bridgehead atoms. The summed E-state index contributed by atoms with van der Waals surface area (Å²) >= 11 is 1.32. The first kappa shape index (κ1) is 33.7. The summed E-state index contributed by atoms with van der Waals surface area (Å²) in [6.07, 6.45) is 1.87. The zero-order valence-corrected chi connectivity index (χ0v) is 26.9. The molecule has 3 atom stereocenters. The summed E-state index contributed by atoms with van der Waals surface area (Å²) in [5, 5.41) is 4.72. The van der Waals surface area contributed by atoms with E-state index in [1.807, 2.05) is 0 Å². The molecule has 234 valence electrons. The molecule has 0 aromatic heterocycles. The third kappa shape index (κ3) is 9.34. The Labute approximate surface area is 256 Å². The highest BCUT2D eigenvalue weighted by atomic mass is 32.2. The number of hydrogen-bond acceptors (Lipinski definition) is 9. The van der Waals surface area contributed by atoms with Crippen LogP contribution in [0.2, 0.25) is 0 Å². The Kier molecular flexibility index (Phi) is 10.1. The van der Waals surface area contributed by atoms with E-state index in [0.29, 0.717) is 11.1 Å². The minimum atomic E-state index is -1.14. The number of ether oxygens (including phenoxy) is 3. The summed E-state index contributed by atoms with van der Waals surface area (Å²) in [4.78, 5) is 66.5. The number of fused-ring (bicyclic) bond motifs is 1. The van der Waals surface area contributed by atoms with Crippen molar-refractivity contribution in [2.75, 3.05) is 5.75 Å². The number of nitrogens with one attached hydrogen (secondary N) is 2. The van der Waals surface area contributed by atoms with E-state index in [1.54, 1.807) is 92.6 Å². The van der Waals surface area contributed by atoms with Gasteiger partial charge in [-0.2, -0.15) is 0 Å². The number of rotatable bonds is 7. The largest absolute Gasteiger partial charge is 0.457 e. The lowest BCUT2D eigenvalue weighted by Gasteiger charge is -2.50. The molecular weight excluding hydrogens is 574 g/mol. The molecule has 12 heteroatoms. The number of esters is 2. The molecule has 2 heterocycles. The van der Waals surface area contributed by atoms with E-state index in [4.69, 9.17) is 14.2 Å². The fourth-order valence-electron chi connectivity index (χ4n) is 4.20. The second-order valence-corrected chi connectivity index (χ2v) is 14.2. The van der Waals surface area contributed by atoms with Crippen molar-refractivity contribution < 1.29 is 38.2 Å². The molecule has 11 nitrogen and oxygen atoms in total. The summed E-state index contributed by atoms with van der Waals surface area (Å²) < 4.78 is 16.3. The number of β-lactam (4-membered cyclic amide) rings is 1. The molecule has 1 aromatic carbocycles. The molecule has 0 spiro atoms. The van der Waals surface area contributed by atoms with Crippen molar-refractivity contribution in [1.82, 2.24) is 15.5 Å². The molecule has 0 aliphatic carbocycles. The maximum absolute atomic E-state index is 13.5. The zero-order valence-electron chi connectivity index (χ0n) is 26.1.